The van der Waals surface area contributed by atoms with E-state index >= 15 is 0 Å². The Morgan fingerprint density at radius 2 is 1.70 bits per heavy atom. The van der Waals surface area contributed by atoms with E-state index in [-0.39, 0.29) is 10.8 Å². The maximum Gasteiger partial charge on any atom is 0.253 e. The first-order valence-electron chi connectivity index (χ1n) is 9.29. The molecule has 0 aromatic heterocycles. The monoisotopic (exact) mass is 386 g/mol. The van der Waals surface area contributed by atoms with Crippen molar-refractivity contribution < 1.29 is 13.2 Å². The van der Waals surface area contributed by atoms with Gasteiger partial charge in [0.15, 0.2) is 0 Å². The molecule has 5 nitrogen and oxygen atoms in total. The zero-order valence-electron chi connectivity index (χ0n) is 15.9. The van der Waals surface area contributed by atoms with Gasteiger partial charge in [0.2, 0.25) is 10.0 Å². The summed E-state index contributed by atoms with van der Waals surface area (Å²) in [6.45, 7) is 3.59. The number of nitrogens with zero attached hydrogens (tertiary/aromatic N) is 2. The van der Waals surface area contributed by atoms with Crippen molar-refractivity contribution in [1.29, 1.82) is 0 Å². The van der Waals surface area contributed by atoms with Crippen LogP contribution in [-0.2, 0) is 16.6 Å². The van der Waals surface area contributed by atoms with E-state index in [1.807, 2.05) is 31.2 Å². The lowest BCUT2D eigenvalue weighted by molar-refractivity contribution is 0.0785. The molecule has 1 amide bonds. The molecule has 0 bridgehead atoms. The minimum absolute atomic E-state index is 0.189. The number of piperidine rings is 1. The molecule has 144 valence electrons. The van der Waals surface area contributed by atoms with E-state index in [0.29, 0.717) is 25.2 Å². The smallest absolute Gasteiger partial charge is 0.253 e. The lowest BCUT2D eigenvalue weighted by Crippen LogP contribution is -2.35. The number of sulfonamides is 1. The Kier molecular flexibility index (Phi) is 5.97. The second-order valence-electron chi connectivity index (χ2n) is 7.14. The number of aryl methyl sites for hydroxylation is 1. The van der Waals surface area contributed by atoms with Gasteiger partial charge in [0.05, 0.1) is 4.90 Å². The molecule has 6 heteroatoms. The van der Waals surface area contributed by atoms with Gasteiger partial charge in [-0.15, -0.1) is 0 Å². The van der Waals surface area contributed by atoms with Crippen LogP contribution >= 0.6 is 0 Å². The molecule has 1 aliphatic rings. The highest BCUT2D eigenvalue weighted by atomic mass is 32.2. The summed E-state index contributed by atoms with van der Waals surface area (Å²) in [6.07, 6.45) is 2.84. The van der Waals surface area contributed by atoms with Crippen molar-refractivity contribution in [3.63, 3.8) is 0 Å². The van der Waals surface area contributed by atoms with Crippen LogP contribution in [0.25, 0.3) is 0 Å². The molecular weight excluding hydrogens is 360 g/mol. The van der Waals surface area contributed by atoms with E-state index in [2.05, 4.69) is 0 Å². The Labute approximate surface area is 161 Å². The van der Waals surface area contributed by atoms with Crippen LogP contribution in [0.2, 0.25) is 0 Å². The average Bonchev–Trinajstić information content (AvgIpc) is 2.70. The molecule has 0 saturated carbocycles. The van der Waals surface area contributed by atoms with Gasteiger partial charge in [0, 0.05) is 32.2 Å². The number of benzene rings is 2. The molecule has 1 aliphatic heterocycles. The highest BCUT2D eigenvalue weighted by Gasteiger charge is 2.26. The third-order valence-corrected chi connectivity index (χ3v) is 6.82. The van der Waals surface area contributed by atoms with Crippen molar-refractivity contribution >= 4 is 15.9 Å². The van der Waals surface area contributed by atoms with Gasteiger partial charge in [-0.25, -0.2) is 8.42 Å². The number of carbonyl (C=O) groups is 1. The highest BCUT2D eigenvalue weighted by molar-refractivity contribution is 7.89. The molecule has 0 N–H and O–H groups in total. The fourth-order valence-electron chi connectivity index (χ4n) is 3.30. The zero-order chi connectivity index (χ0) is 19.4. The van der Waals surface area contributed by atoms with Crippen LogP contribution in [0.1, 0.15) is 40.7 Å². The molecule has 1 saturated heterocycles. The van der Waals surface area contributed by atoms with Crippen LogP contribution < -0.4 is 0 Å². The van der Waals surface area contributed by atoms with E-state index in [0.717, 1.165) is 24.8 Å². The van der Waals surface area contributed by atoms with Gasteiger partial charge in [-0.1, -0.05) is 42.3 Å². The summed E-state index contributed by atoms with van der Waals surface area (Å²) < 4.78 is 27.2. The molecule has 0 aliphatic carbocycles. The van der Waals surface area contributed by atoms with E-state index < -0.39 is 10.0 Å². The van der Waals surface area contributed by atoms with E-state index in [9.17, 15) is 13.2 Å². The summed E-state index contributed by atoms with van der Waals surface area (Å²) in [6, 6.07) is 14.4. The van der Waals surface area contributed by atoms with Crippen LogP contribution in [-0.4, -0.2) is 43.7 Å². The zero-order valence-corrected chi connectivity index (χ0v) is 16.7. The standard InChI is InChI=1S/C21H26N2O3S/c1-17-9-11-18(12-10-17)16-22(2)21(24)19-7-6-8-20(15-19)27(25,26)23-13-4-3-5-14-23/h6-12,15H,3-5,13-14,16H2,1-2H3. The molecule has 3 rings (SSSR count). The third kappa shape index (κ3) is 4.57. The lowest BCUT2D eigenvalue weighted by atomic mass is 10.1. The van der Waals surface area contributed by atoms with Crippen molar-refractivity contribution in [2.75, 3.05) is 20.1 Å². The Bertz CT molecular complexity index is 901. The summed E-state index contributed by atoms with van der Waals surface area (Å²) >= 11 is 0. The van der Waals surface area contributed by atoms with Crippen molar-refractivity contribution in [3.8, 4) is 0 Å². The Hall–Kier alpha value is -2.18. The van der Waals surface area contributed by atoms with Gasteiger partial charge < -0.3 is 4.90 Å². The Morgan fingerprint density at radius 1 is 1.04 bits per heavy atom. The van der Waals surface area contributed by atoms with Gasteiger partial charge in [-0.2, -0.15) is 4.31 Å². The van der Waals surface area contributed by atoms with Crippen LogP contribution in [0.4, 0.5) is 0 Å². The fourth-order valence-corrected chi connectivity index (χ4v) is 4.87. The molecule has 0 radical (unpaired) electrons. The number of rotatable bonds is 5. The predicted octanol–water partition coefficient (Wildman–Crippen LogP) is 3.44. The second-order valence-corrected chi connectivity index (χ2v) is 9.08. The Morgan fingerprint density at radius 3 is 2.37 bits per heavy atom. The highest BCUT2D eigenvalue weighted by Crippen LogP contribution is 2.22. The van der Waals surface area contributed by atoms with Crippen LogP contribution in [0.5, 0.6) is 0 Å². The summed E-state index contributed by atoms with van der Waals surface area (Å²) in [5, 5.41) is 0. The van der Waals surface area contributed by atoms with Crippen molar-refractivity contribution in [2.24, 2.45) is 0 Å². The first-order valence-corrected chi connectivity index (χ1v) is 10.7. The van der Waals surface area contributed by atoms with Crippen LogP contribution in [0.15, 0.2) is 53.4 Å². The quantitative estimate of drug-likeness (QED) is 0.791. The minimum atomic E-state index is -3.54. The lowest BCUT2D eigenvalue weighted by Gasteiger charge is -2.26. The molecule has 2 aromatic rings. The Balaban J connectivity index is 1.77. The molecule has 1 fully saturated rings. The summed E-state index contributed by atoms with van der Waals surface area (Å²) in [5.41, 5.74) is 2.60. The first-order chi connectivity index (χ1) is 12.9. The number of carbonyl (C=O) groups excluding carboxylic acids is 1. The largest absolute Gasteiger partial charge is 0.337 e. The molecule has 0 atom stereocenters. The number of amides is 1. The van der Waals surface area contributed by atoms with Gasteiger partial charge in [-0.3, -0.25) is 4.79 Å². The topological polar surface area (TPSA) is 57.7 Å². The summed E-state index contributed by atoms with van der Waals surface area (Å²) in [5.74, 6) is -0.189. The van der Waals surface area contributed by atoms with E-state index in [1.54, 1.807) is 30.1 Å². The molecule has 0 unspecified atom stereocenters. The first kappa shape index (κ1) is 19.6. The van der Waals surface area contributed by atoms with Crippen molar-refractivity contribution in [1.82, 2.24) is 9.21 Å². The molecule has 0 spiro atoms. The van der Waals surface area contributed by atoms with Gasteiger partial charge in [0.25, 0.3) is 5.91 Å². The average molecular weight is 387 g/mol. The number of hydrogen-bond acceptors (Lipinski definition) is 3. The summed E-state index contributed by atoms with van der Waals surface area (Å²) in [7, 11) is -1.81. The van der Waals surface area contributed by atoms with Crippen LogP contribution in [0, 0.1) is 6.92 Å². The molecule has 2 aromatic carbocycles. The minimum Gasteiger partial charge on any atom is -0.337 e. The normalized spacial score (nSPS) is 15.5. The number of hydrogen-bond donors (Lipinski definition) is 0. The van der Waals surface area contributed by atoms with E-state index in [1.165, 1.54) is 15.9 Å². The van der Waals surface area contributed by atoms with Crippen LogP contribution in [0.3, 0.4) is 0 Å². The van der Waals surface area contributed by atoms with Gasteiger partial charge >= 0.3 is 0 Å². The second kappa shape index (κ2) is 8.23. The predicted molar refractivity (Wildman–Crippen MR) is 106 cm³/mol. The molecule has 27 heavy (non-hydrogen) atoms. The van der Waals surface area contributed by atoms with E-state index in [4.69, 9.17) is 0 Å². The van der Waals surface area contributed by atoms with Gasteiger partial charge in [-0.05, 0) is 43.5 Å². The third-order valence-electron chi connectivity index (χ3n) is 4.92. The van der Waals surface area contributed by atoms with Gasteiger partial charge in [0.1, 0.15) is 0 Å². The SMILES string of the molecule is Cc1ccc(CN(C)C(=O)c2cccc(S(=O)(=O)N3CCCCC3)c2)cc1. The fraction of sp³-hybridized carbons (Fsp3) is 0.381. The van der Waals surface area contributed by atoms with Crippen molar-refractivity contribution in [3.05, 3.63) is 65.2 Å². The maximum atomic E-state index is 12.9. The summed E-state index contributed by atoms with van der Waals surface area (Å²) in [4.78, 5) is 14.6. The van der Waals surface area contributed by atoms with Crippen molar-refractivity contribution in [2.45, 2.75) is 37.6 Å². The maximum absolute atomic E-state index is 12.9. The molecule has 1 heterocycles. The molecular formula is C21H26N2O3S.